The van der Waals surface area contributed by atoms with E-state index in [0.29, 0.717) is 0 Å². The smallest absolute Gasteiger partial charge is 0.137 e. The zero-order valence-electron chi connectivity index (χ0n) is 14.2. The van der Waals surface area contributed by atoms with E-state index >= 15 is 0 Å². The fourth-order valence-electron chi connectivity index (χ4n) is 3.69. The summed E-state index contributed by atoms with van der Waals surface area (Å²) >= 11 is 0. The van der Waals surface area contributed by atoms with Gasteiger partial charge in [0.25, 0.3) is 0 Å². The molecule has 4 rings (SSSR count). The zero-order chi connectivity index (χ0) is 16.6. The number of benzene rings is 1. The summed E-state index contributed by atoms with van der Waals surface area (Å²) in [6, 6.07) is 14.8. The first kappa shape index (κ1) is 15.4. The molecule has 0 amide bonds. The average Bonchev–Trinajstić information content (AvgIpc) is 3.00. The summed E-state index contributed by atoms with van der Waals surface area (Å²) in [5, 5.41) is 3.57. The van der Waals surface area contributed by atoms with Crippen molar-refractivity contribution in [2.75, 3.05) is 13.2 Å². The molecule has 0 bridgehead atoms. The van der Waals surface area contributed by atoms with Crippen LogP contribution < -0.4 is 5.32 Å². The molecule has 1 aliphatic rings. The average molecular weight is 321 g/mol. The molecule has 1 N–H and O–H groups in total. The number of pyridine rings is 1. The lowest BCUT2D eigenvalue weighted by molar-refractivity contribution is -0.0450. The lowest BCUT2D eigenvalue weighted by Gasteiger charge is -2.36. The number of nitrogens with one attached hydrogen (secondary N) is 1. The number of imidazole rings is 1. The maximum absolute atomic E-state index is 6.14. The number of hydrogen-bond donors (Lipinski definition) is 1. The third kappa shape index (κ3) is 2.62. The fourth-order valence-corrected chi connectivity index (χ4v) is 3.69. The van der Waals surface area contributed by atoms with Crippen molar-refractivity contribution in [3.63, 3.8) is 0 Å². The van der Waals surface area contributed by atoms with E-state index < -0.39 is 0 Å². The van der Waals surface area contributed by atoms with E-state index in [1.165, 1.54) is 22.5 Å². The Kier molecular flexibility index (Phi) is 3.87. The van der Waals surface area contributed by atoms with Gasteiger partial charge in [-0.25, -0.2) is 4.98 Å². The third-order valence-electron chi connectivity index (χ3n) is 4.95. The maximum Gasteiger partial charge on any atom is 0.137 e. The first-order valence-corrected chi connectivity index (χ1v) is 8.52. The normalized spacial score (nSPS) is 20.2. The van der Waals surface area contributed by atoms with Gasteiger partial charge < -0.3 is 14.5 Å². The highest BCUT2D eigenvalue weighted by atomic mass is 16.5. The van der Waals surface area contributed by atoms with Crippen LogP contribution in [0.25, 0.3) is 5.65 Å². The van der Waals surface area contributed by atoms with E-state index in [2.05, 4.69) is 58.9 Å². The highest BCUT2D eigenvalue weighted by Gasteiger charge is 2.32. The summed E-state index contributed by atoms with van der Waals surface area (Å²) < 4.78 is 8.34. The molecule has 0 aliphatic carbocycles. The molecular formula is C20H23N3O. The second kappa shape index (κ2) is 6.04. The second-order valence-electron chi connectivity index (χ2n) is 6.70. The van der Waals surface area contributed by atoms with Crippen LogP contribution in [-0.2, 0) is 23.3 Å². The Morgan fingerprint density at radius 2 is 2.08 bits per heavy atom. The van der Waals surface area contributed by atoms with Gasteiger partial charge >= 0.3 is 0 Å². The van der Waals surface area contributed by atoms with Gasteiger partial charge in [0.05, 0.1) is 18.5 Å². The molecule has 4 nitrogen and oxygen atoms in total. The van der Waals surface area contributed by atoms with E-state index in [4.69, 9.17) is 4.74 Å². The largest absolute Gasteiger partial charge is 0.369 e. The molecule has 0 radical (unpaired) electrons. The first-order valence-electron chi connectivity index (χ1n) is 8.52. The van der Waals surface area contributed by atoms with Gasteiger partial charge in [-0.15, -0.1) is 0 Å². The van der Waals surface area contributed by atoms with Gasteiger partial charge in [0.1, 0.15) is 11.2 Å². The minimum absolute atomic E-state index is 0.273. The molecule has 24 heavy (non-hydrogen) atoms. The number of aryl methyl sites for hydroxylation is 1. The van der Waals surface area contributed by atoms with Crippen LogP contribution in [0.4, 0.5) is 0 Å². The molecular weight excluding hydrogens is 298 g/mol. The van der Waals surface area contributed by atoms with Gasteiger partial charge in [0, 0.05) is 18.8 Å². The van der Waals surface area contributed by atoms with E-state index in [1.807, 2.05) is 18.3 Å². The van der Waals surface area contributed by atoms with E-state index in [-0.39, 0.29) is 5.60 Å². The Morgan fingerprint density at radius 3 is 3.00 bits per heavy atom. The third-order valence-corrected chi connectivity index (χ3v) is 4.95. The topological polar surface area (TPSA) is 38.6 Å². The van der Waals surface area contributed by atoms with Gasteiger partial charge in [0.2, 0.25) is 0 Å². The van der Waals surface area contributed by atoms with Gasteiger partial charge in [0.15, 0.2) is 0 Å². The van der Waals surface area contributed by atoms with E-state index in [0.717, 1.165) is 31.8 Å². The zero-order valence-corrected chi connectivity index (χ0v) is 14.2. The van der Waals surface area contributed by atoms with Crippen molar-refractivity contribution in [1.29, 1.82) is 0 Å². The standard InChI is InChI=1S/C20H23N3O/c1-15-6-5-9-19-22-13-17(23(15)19)12-21-14-20(2)18-8-4-3-7-16(18)10-11-24-20/h3-9,13,21H,10-12,14H2,1-2H3. The monoisotopic (exact) mass is 321 g/mol. The summed E-state index contributed by atoms with van der Waals surface area (Å²) in [6.07, 6.45) is 2.95. The molecule has 1 aliphatic heterocycles. The molecule has 0 fully saturated rings. The molecule has 3 heterocycles. The van der Waals surface area contributed by atoms with Crippen molar-refractivity contribution in [3.8, 4) is 0 Å². The summed E-state index contributed by atoms with van der Waals surface area (Å²) in [5.41, 5.74) is 5.81. The number of aromatic nitrogens is 2. The predicted octanol–water partition coefficient (Wildman–Crippen LogP) is 3.22. The van der Waals surface area contributed by atoms with Crippen LogP contribution in [0.15, 0.2) is 48.7 Å². The molecule has 1 aromatic carbocycles. The molecule has 4 heteroatoms. The van der Waals surface area contributed by atoms with Gasteiger partial charge in [-0.05, 0) is 43.5 Å². The molecule has 2 aromatic heterocycles. The Hall–Kier alpha value is -2.17. The Bertz CT molecular complexity index is 870. The van der Waals surface area contributed by atoms with E-state index in [9.17, 15) is 0 Å². The van der Waals surface area contributed by atoms with Crippen molar-refractivity contribution in [1.82, 2.24) is 14.7 Å². The van der Waals surface area contributed by atoms with Crippen molar-refractivity contribution < 1.29 is 4.74 Å². The first-order chi connectivity index (χ1) is 11.7. The summed E-state index contributed by atoms with van der Waals surface area (Å²) in [4.78, 5) is 4.49. The molecule has 124 valence electrons. The van der Waals surface area contributed by atoms with Crippen LogP contribution in [0.1, 0.15) is 29.4 Å². The van der Waals surface area contributed by atoms with Gasteiger partial charge in [-0.2, -0.15) is 0 Å². The molecule has 0 saturated carbocycles. The highest BCUT2D eigenvalue weighted by Crippen LogP contribution is 2.32. The van der Waals surface area contributed by atoms with Crippen molar-refractivity contribution in [3.05, 3.63) is 71.2 Å². The van der Waals surface area contributed by atoms with Crippen molar-refractivity contribution in [2.24, 2.45) is 0 Å². The predicted molar refractivity (Wildman–Crippen MR) is 95.1 cm³/mol. The highest BCUT2D eigenvalue weighted by molar-refractivity contribution is 5.42. The quantitative estimate of drug-likeness (QED) is 0.802. The SMILES string of the molecule is Cc1cccc2ncc(CNCC3(C)OCCc4ccccc43)n12. The Morgan fingerprint density at radius 1 is 1.21 bits per heavy atom. The maximum atomic E-state index is 6.14. The minimum atomic E-state index is -0.273. The summed E-state index contributed by atoms with van der Waals surface area (Å²) in [6.45, 7) is 6.62. The van der Waals surface area contributed by atoms with Crippen LogP contribution in [-0.4, -0.2) is 22.5 Å². The number of ether oxygens (including phenoxy) is 1. The Labute approximate surface area is 142 Å². The number of rotatable bonds is 4. The van der Waals surface area contributed by atoms with Crippen LogP contribution in [0.3, 0.4) is 0 Å². The number of hydrogen-bond acceptors (Lipinski definition) is 3. The van der Waals surface area contributed by atoms with Crippen LogP contribution in [0, 0.1) is 6.92 Å². The lowest BCUT2D eigenvalue weighted by atomic mass is 9.87. The van der Waals surface area contributed by atoms with Crippen LogP contribution in [0.5, 0.6) is 0 Å². The van der Waals surface area contributed by atoms with Crippen LogP contribution in [0.2, 0.25) is 0 Å². The van der Waals surface area contributed by atoms with E-state index in [1.54, 1.807) is 0 Å². The summed E-state index contributed by atoms with van der Waals surface area (Å²) in [5.74, 6) is 0. The lowest BCUT2D eigenvalue weighted by Crippen LogP contribution is -2.41. The molecule has 0 saturated heterocycles. The van der Waals surface area contributed by atoms with Crippen molar-refractivity contribution >= 4 is 5.65 Å². The number of fused-ring (bicyclic) bond motifs is 2. The Balaban J connectivity index is 1.51. The van der Waals surface area contributed by atoms with Gasteiger partial charge in [-0.1, -0.05) is 30.3 Å². The minimum Gasteiger partial charge on any atom is -0.369 e. The number of nitrogens with zero attached hydrogens (tertiary/aromatic N) is 2. The van der Waals surface area contributed by atoms with Gasteiger partial charge in [-0.3, -0.25) is 0 Å². The fraction of sp³-hybridized carbons (Fsp3) is 0.350. The summed E-state index contributed by atoms with van der Waals surface area (Å²) in [7, 11) is 0. The second-order valence-corrected chi connectivity index (χ2v) is 6.70. The molecule has 1 unspecified atom stereocenters. The molecule has 3 aromatic rings. The van der Waals surface area contributed by atoms with Crippen LogP contribution >= 0.6 is 0 Å². The molecule has 0 spiro atoms. The van der Waals surface area contributed by atoms with Crippen molar-refractivity contribution in [2.45, 2.75) is 32.4 Å². The molecule has 1 atom stereocenters.